The standard InChI is InChI=1S/C20H35N5OS.HI/c1-6-16(7-2)19(26)25-12-9-17(10-13-25)24-20(21-5)22-11-8-18-14(3)23-15(4)27-18;/h16-17H,6-13H2,1-5H3,(H2,21,22,24);1H. The van der Waals surface area contributed by atoms with Gasteiger partial charge in [0, 0.05) is 49.9 Å². The third-order valence-electron chi connectivity index (χ3n) is 5.35. The average Bonchev–Trinajstić information content (AvgIpc) is 2.99. The maximum absolute atomic E-state index is 12.5. The zero-order chi connectivity index (χ0) is 19.8. The SMILES string of the molecule is CCC(CC)C(=O)N1CCC(NC(=NC)NCCc2sc(C)nc2C)CC1.I. The molecule has 0 aromatic carbocycles. The molecule has 2 N–H and O–H groups in total. The number of rotatable bonds is 7. The summed E-state index contributed by atoms with van der Waals surface area (Å²) in [6, 6.07) is 0.370. The van der Waals surface area contributed by atoms with Crippen molar-refractivity contribution in [2.24, 2.45) is 10.9 Å². The smallest absolute Gasteiger partial charge is 0.225 e. The van der Waals surface area contributed by atoms with E-state index in [1.807, 2.05) is 11.9 Å². The number of nitrogens with zero attached hydrogens (tertiary/aromatic N) is 3. The monoisotopic (exact) mass is 521 g/mol. The van der Waals surface area contributed by atoms with Crippen LogP contribution in [-0.2, 0) is 11.2 Å². The predicted octanol–water partition coefficient (Wildman–Crippen LogP) is 3.51. The van der Waals surface area contributed by atoms with E-state index < -0.39 is 0 Å². The number of aryl methyl sites for hydroxylation is 2. The van der Waals surface area contributed by atoms with Gasteiger partial charge < -0.3 is 15.5 Å². The zero-order valence-electron chi connectivity index (χ0n) is 17.9. The Morgan fingerprint density at radius 3 is 2.43 bits per heavy atom. The van der Waals surface area contributed by atoms with Crippen LogP contribution in [0.15, 0.2) is 4.99 Å². The minimum Gasteiger partial charge on any atom is -0.356 e. The van der Waals surface area contributed by atoms with E-state index >= 15 is 0 Å². The second kappa shape index (κ2) is 12.6. The van der Waals surface area contributed by atoms with Gasteiger partial charge in [0.15, 0.2) is 5.96 Å². The van der Waals surface area contributed by atoms with E-state index in [9.17, 15) is 4.79 Å². The summed E-state index contributed by atoms with van der Waals surface area (Å²) >= 11 is 1.77. The Morgan fingerprint density at radius 1 is 1.29 bits per heavy atom. The maximum Gasteiger partial charge on any atom is 0.225 e. The van der Waals surface area contributed by atoms with Crippen molar-refractivity contribution in [1.29, 1.82) is 0 Å². The number of nitrogens with one attached hydrogen (secondary N) is 2. The summed E-state index contributed by atoms with van der Waals surface area (Å²) in [6.45, 7) is 10.8. The van der Waals surface area contributed by atoms with Gasteiger partial charge in [0.2, 0.25) is 5.91 Å². The number of carbonyl (C=O) groups is 1. The van der Waals surface area contributed by atoms with Gasteiger partial charge in [0.25, 0.3) is 0 Å². The van der Waals surface area contributed by atoms with Crippen molar-refractivity contribution in [3.63, 3.8) is 0 Å². The van der Waals surface area contributed by atoms with Crippen molar-refractivity contribution in [2.45, 2.75) is 65.8 Å². The first-order valence-electron chi connectivity index (χ1n) is 10.2. The van der Waals surface area contributed by atoms with Crippen molar-refractivity contribution < 1.29 is 4.79 Å². The van der Waals surface area contributed by atoms with Crippen LogP contribution in [0.2, 0.25) is 0 Å². The molecular formula is C20H36IN5OS. The summed E-state index contributed by atoms with van der Waals surface area (Å²) in [6.07, 6.45) is 4.77. The summed E-state index contributed by atoms with van der Waals surface area (Å²) in [4.78, 5) is 24.7. The number of aromatic nitrogens is 1. The van der Waals surface area contributed by atoms with Crippen LogP contribution in [0.5, 0.6) is 0 Å². The molecule has 1 aromatic heterocycles. The summed E-state index contributed by atoms with van der Waals surface area (Å²) in [5.74, 6) is 1.36. The Kier molecular flexibility index (Phi) is 11.3. The summed E-state index contributed by atoms with van der Waals surface area (Å²) in [7, 11) is 1.81. The van der Waals surface area contributed by atoms with E-state index in [-0.39, 0.29) is 29.9 Å². The van der Waals surface area contributed by atoms with Gasteiger partial charge in [-0.15, -0.1) is 35.3 Å². The average molecular weight is 522 g/mol. The highest BCUT2D eigenvalue weighted by atomic mass is 127. The number of halogens is 1. The minimum absolute atomic E-state index is 0. The van der Waals surface area contributed by atoms with E-state index in [1.165, 1.54) is 4.88 Å². The first-order valence-corrected chi connectivity index (χ1v) is 11.0. The normalized spacial score (nSPS) is 15.5. The number of hydrogen-bond acceptors (Lipinski definition) is 4. The molecule has 2 heterocycles. The third kappa shape index (κ3) is 7.17. The fourth-order valence-electron chi connectivity index (χ4n) is 3.63. The van der Waals surface area contributed by atoms with Crippen LogP contribution in [0.4, 0.5) is 0 Å². The van der Waals surface area contributed by atoms with Gasteiger partial charge >= 0.3 is 0 Å². The van der Waals surface area contributed by atoms with Crippen LogP contribution in [0.3, 0.4) is 0 Å². The number of piperidine rings is 1. The largest absolute Gasteiger partial charge is 0.356 e. The molecule has 1 aromatic rings. The van der Waals surface area contributed by atoms with Crippen molar-refractivity contribution in [3.8, 4) is 0 Å². The molecule has 8 heteroatoms. The molecule has 2 rings (SSSR count). The number of guanidine groups is 1. The molecule has 1 amide bonds. The molecule has 1 aliphatic heterocycles. The first-order chi connectivity index (χ1) is 13.0. The molecule has 0 saturated carbocycles. The molecule has 1 fully saturated rings. The van der Waals surface area contributed by atoms with Crippen LogP contribution < -0.4 is 10.6 Å². The minimum atomic E-state index is 0. The Balaban J connectivity index is 0.00000392. The molecule has 28 heavy (non-hydrogen) atoms. The lowest BCUT2D eigenvalue weighted by atomic mass is 9.98. The molecule has 0 atom stereocenters. The van der Waals surface area contributed by atoms with Gasteiger partial charge in [0.05, 0.1) is 10.7 Å². The van der Waals surface area contributed by atoms with Crippen molar-refractivity contribution in [2.75, 3.05) is 26.7 Å². The third-order valence-corrected chi connectivity index (χ3v) is 6.48. The first kappa shape index (κ1) is 25.1. The highest BCUT2D eigenvalue weighted by Crippen LogP contribution is 2.18. The van der Waals surface area contributed by atoms with Crippen LogP contribution in [0, 0.1) is 19.8 Å². The van der Waals surface area contributed by atoms with Gasteiger partial charge in [-0.05, 0) is 39.5 Å². The molecule has 6 nitrogen and oxygen atoms in total. The van der Waals surface area contributed by atoms with Gasteiger partial charge in [-0.25, -0.2) is 4.98 Å². The van der Waals surface area contributed by atoms with E-state index in [4.69, 9.17) is 0 Å². The summed E-state index contributed by atoms with van der Waals surface area (Å²) < 4.78 is 0. The number of aliphatic imine (C=N–C) groups is 1. The van der Waals surface area contributed by atoms with Gasteiger partial charge in [-0.3, -0.25) is 9.79 Å². The van der Waals surface area contributed by atoms with Crippen molar-refractivity contribution >= 4 is 47.2 Å². The number of amides is 1. The van der Waals surface area contributed by atoms with Crippen LogP contribution in [0.25, 0.3) is 0 Å². The topological polar surface area (TPSA) is 69.6 Å². The van der Waals surface area contributed by atoms with Crippen molar-refractivity contribution in [3.05, 3.63) is 15.6 Å². The lowest BCUT2D eigenvalue weighted by Crippen LogP contribution is -2.50. The quantitative estimate of drug-likeness (QED) is 0.328. The highest BCUT2D eigenvalue weighted by Gasteiger charge is 2.26. The lowest BCUT2D eigenvalue weighted by Gasteiger charge is -2.34. The summed E-state index contributed by atoms with van der Waals surface area (Å²) in [5.41, 5.74) is 1.14. The van der Waals surface area contributed by atoms with E-state index in [0.29, 0.717) is 11.9 Å². The highest BCUT2D eigenvalue weighted by molar-refractivity contribution is 14.0. The molecule has 0 spiro atoms. The molecular weight excluding hydrogens is 485 g/mol. The molecule has 0 radical (unpaired) electrons. The molecule has 1 aliphatic rings. The fourth-order valence-corrected chi connectivity index (χ4v) is 4.56. The molecule has 0 bridgehead atoms. The van der Waals surface area contributed by atoms with Gasteiger partial charge in [0.1, 0.15) is 0 Å². The molecule has 1 saturated heterocycles. The Morgan fingerprint density at radius 2 is 1.93 bits per heavy atom. The molecule has 0 aliphatic carbocycles. The Bertz CT molecular complexity index is 637. The Labute approximate surface area is 191 Å². The molecule has 160 valence electrons. The van der Waals surface area contributed by atoms with Crippen LogP contribution >= 0.6 is 35.3 Å². The number of carbonyl (C=O) groups excluding carboxylic acids is 1. The fraction of sp³-hybridized carbons (Fsp3) is 0.750. The van der Waals surface area contributed by atoms with E-state index in [1.54, 1.807) is 11.3 Å². The number of thiazole rings is 1. The maximum atomic E-state index is 12.5. The predicted molar refractivity (Wildman–Crippen MR) is 129 cm³/mol. The number of likely N-dealkylation sites (tertiary alicyclic amines) is 1. The van der Waals surface area contributed by atoms with Gasteiger partial charge in [-0.1, -0.05) is 13.8 Å². The number of hydrogen-bond donors (Lipinski definition) is 2. The second-order valence-corrected chi connectivity index (χ2v) is 8.54. The van der Waals surface area contributed by atoms with Crippen LogP contribution in [0.1, 0.15) is 55.1 Å². The lowest BCUT2D eigenvalue weighted by molar-refractivity contribution is -0.136. The molecule has 0 unspecified atom stereocenters. The van der Waals surface area contributed by atoms with E-state index in [0.717, 1.165) is 68.4 Å². The zero-order valence-corrected chi connectivity index (χ0v) is 21.0. The second-order valence-electron chi connectivity index (χ2n) is 7.25. The van der Waals surface area contributed by atoms with E-state index in [2.05, 4.69) is 48.3 Å². The summed E-state index contributed by atoms with van der Waals surface area (Å²) in [5, 5.41) is 8.05. The van der Waals surface area contributed by atoms with Gasteiger partial charge in [-0.2, -0.15) is 0 Å². The Hall–Kier alpha value is -0.900. The van der Waals surface area contributed by atoms with Crippen LogP contribution in [-0.4, -0.2) is 54.5 Å². The van der Waals surface area contributed by atoms with Crippen molar-refractivity contribution in [1.82, 2.24) is 20.5 Å².